The van der Waals surface area contributed by atoms with Crippen molar-refractivity contribution in [3.63, 3.8) is 0 Å². The third-order valence-electron chi connectivity index (χ3n) is 3.34. The van der Waals surface area contributed by atoms with Crippen molar-refractivity contribution in [1.29, 1.82) is 0 Å². The van der Waals surface area contributed by atoms with Crippen molar-refractivity contribution >= 4 is 17.7 Å². The zero-order valence-corrected chi connectivity index (χ0v) is 10.7. The van der Waals surface area contributed by atoms with Gasteiger partial charge in [-0.05, 0) is 18.6 Å². The molecular weight excluding hydrogens is 264 g/mol. The summed E-state index contributed by atoms with van der Waals surface area (Å²) in [6.07, 6.45) is 0.727. The van der Waals surface area contributed by atoms with Gasteiger partial charge in [0.15, 0.2) is 5.75 Å². The van der Waals surface area contributed by atoms with Crippen molar-refractivity contribution in [2.75, 3.05) is 25.0 Å². The first kappa shape index (κ1) is 14.1. The molecule has 7 heteroatoms. The van der Waals surface area contributed by atoms with Gasteiger partial charge in [0.1, 0.15) is 5.56 Å². The Kier molecular flexibility index (Phi) is 4.09. The van der Waals surface area contributed by atoms with E-state index in [4.69, 9.17) is 10.2 Å². The fourth-order valence-electron chi connectivity index (χ4n) is 2.18. The van der Waals surface area contributed by atoms with Crippen molar-refractivity contribution in [2.45, 2.75) is 6.42 Å². The van der Waals surface area contributed by atoms with Gasteiger partial charge in [-0.15, -0.1) is 0 Å². The number of hydrogen-bond donors (Lipinski definition) is 4. The van der Waals surface area contributed by atoms with E-state index in [1.165, 1.54) is 23.1 Å². The Bertz CT molecular complexity index is 531. The van der Waals surface area contributed by atoms with Gasteiger partial charge in [-0.1, -0.05) is 6.07 Å². The Labute approximate surface area is 115 Å². The zero-order valence-electron chi connectivity index (χ0n) is 10.7. The lowest BCUT2D eigenvalue weighted by molar-refractivity contribution is 0.0693. The molecule has 0 aliphatic carbocycles. The van der Waals surface area contributed by atoms with Crippen molar-refractivity contribution < 1.29 is 24.9 Å². The summed E-state index contributed by atoms with van der Waals surface area (Å²) >= 11 is 0. The molecule has 20 heavy (non-hydrogen) atoms. The molecular formula is C13H16N2O5. The Hall–Kier alpha value is -2.28. The maximum absolute atomic E-state index is 12.0. The van der Waals surface area contributed by atoms with Crippen LogP contribution in [0.15, 0.2) is 18.2 Å². The molecule has 108 valence electrons. The van der Waals surface area contributed by atoms with Gasteiger partial charge in [0, 0.05) is 25.6 Å². The quantitative estimate of drug-likeness (QED) is 0.616. The van der Waals surface area contributed by atoms with Crippen LogP contribution in [0.4, 0.5) is 10.5 Å². The van der Waals surface area contributed by atoms with Crippen LogP contribution in [0.2, 0.25) is 0 Å². The van der Waals surface area contributed by atoms with Crippen molar-refractivity contribution in [3.05, 3.63) is 23.8 Å². The molecule has 0 aromatic heterocycles. The van der Waals surface area contributed by atoms with E-state index < -0.39 is 17.7 Å². The lowest BCUT2D eigenvalue weighted by Gasteiger charge is -2.18. The first-order valence-corrected chi connectivity index (χ1v) is 6.25. The van der Waals surface area contributed by atoms with Crippen LogP contribution in [0.1, 0.15) is 16.8 Å². The normalized spacial score (nSPS) is 18.1. The van der Waals surface area contributed by atoms with Crippen LogP contribution in [-0.4, -0.2) is 51.9 Å². The van der Waals surface area contributed by atoms with Crippen molar-refractivity contribution in [3.8, 4) is 5.75 Å². The number of urea groups is 1. The number of aliphatic hydroxyl groups excluding tert-OH is 1. The number of carboxylic acids is 1. The van der Waals surface area contributed by atoms with Gasteiger partial charge in [-0.3, -0.25) is 0 Å². The standard InChI is InChI=1S/C13H16N2O5/c16-7-8-4-5-15(6-8)13(20)14-10-3-1-2-9(11(10)17)12(18)19/h1-3,8,16-17H,4-7H2,(H,14,20)(H,18,19). The number of aromatic hydroxyl groups is 1. The number of hydrogen-bond acceptors (Lipinski definition) is 4. The number of aromatic carboxylic acids is 1. The lowest BCUT2D eigenvalue weighted by Crippen LogP contribution is -2.33. The summed E-state index contributed by atoms with van der Waals surface area (Å²) in [5.74, 6) is -1.66. The van der Waals surface area contributed by atoms with E-state index in [0.717, 1.165) is 6.42 Å². The molecule has 1 saturated heterocycles. The summed E-state index contributed by atoms with van der Waals surface area (Å²) in [5, 5.41) is 30.2. The number of carboxylic acid groups (broad SMARTS) is 1. The lowest BCUT2D eigenvalue weighted by atomic mass is 10.1. The number of carbonyl (C=O) groups excluding carboxylic acids is 1. The molecule has 1 aromatic carbocycles. The molecule has 0 radical (unpaired) electrons. The van der Waals surface area contributed by atoms with Gasteiger partial charge in [-0.25, -0.2) is 9.59 Å². The summed E-state index contributed by atoms with van der Waals surface area (Å²) in [5.41, 5.74) is -0.209. The monoisotopic (exact) mass is 280 g/mol. The number of amides is 2. The highest BCUT2D eigenvalue weighted by Crippen LogP contribution is 2.28. The first-order valence-electron chi connectivity index (χ1n) is 6.25. The number of para-hydroxylation sites is 1. The SMILES string of the molecule is O=C(O)c1cccc(NC(=O)N2CCC(CO)C2)c1O. The molecule has 0 spiro atoms. The number of rotatable bonds is 3. The van der Waals surface area contributed by atoms with Crippen LogP contribution in [0.5, 0.6) is 5.75 Å². The number of nitrogens with one attached hydrogen (secondary N) is 1. The van der Waals surface area contributed by atoms with Crippen LogP contribution in [0.25, 0.3) is 0 Å². The number of aliphatic hydroxyl groups is 1. The Morgan fingerprint density at radius 2 is 2.15 bits per heavy atom. The summed E-state index contributed by atoms with van der Waals surface area (Å²) in [6, 6.07) is 3.71. The largest absolute Gasteiger partial charge is 0.505 e. The molecule has 4 N–H and O–H groups in total. The molecule has 1 atom stereocenters. The van der Waals surface area contributed by atoms with Crippen LogP contribution < -0.4 is 5.32 Å². The van der Waals surface area contributed by atoms with E-state index >= 15 is 0 Å². The predicted molar refractivity (Wildman–Crippen MR) is 70.9 cm³/mol. The summed E-state index contributed by atoms with van der Waals surface area (Å²) < 4.78 is 0. The number of benzene rings is 1. The second kappa shape index (κ2) is 5.79. The van der Waals surface area contributed by atoms with Gasteiger partial charge >= 0.3 is 12.0 Å². The predicted octanol–water partition coefficient (Wildman–Crippen LogP) is 0.936. The van der Waals surface area contributed by atoms with Gasteiger partial charge in [-0.2, -0.15) is 0 Å². The summed E-state index contributed by atoms with van der Waals surface area (Å²) in [4.78, 5) is 24.4. The Morgan fingerprint density at radius 1 is 1.40 bits per heavy atom. The topological polar surface area (TPSA) is 110 Å². The fraction of sp³-hybridized carbons (Fsp3) is 0.385. The van der Waals surface area contributed by atoms with Crippen LogP contribution in [-0.2, 0) is 0 Å². The van der Waals surface area contributed by atoms with E-state index in [1.807, 2.05) is 0 Å². The molecule has 1 aliphatic heterocycles. The third-order valence-corrected chi connectivity index (χ3v) is 3.34. The minimum atomic E-state index is -1.26. The van der Waals surface area contributed by atoms with Crippen LogP contribution in [0.3, 0.4) is 0 Å². The van der Waals surface area contributed by atoms with Gasteiger partial charge in [0.2, 0.25) is 0 Å². The summed E-state index contributed by atoms with van der Waals surface area (Å²) in [6.45, 7) is 1.00. The zero-order chi connectivity index (χ0) is 14.7. The summed E-state index contributed by atoms with van der Waals surface area (Å²) in [7, 11) is 0. The molecule has 2 rings (SSSR count). The Morgan fingerprint density at radius 3 is 2.75 bits per heavy atom. The van der Waals surface area contributed by atoms with Gasteiger partial charge < -0.3 is 25.5 Å². The number of phenols is 1. The van der Waals surface area contributed by atoms with Crippen molar-refractivity contribution in [2.24, 2.45) is 5.92 Å². The molecule has 7 nitrogen and oxygen atoms in total. The number of anilines is 1. The van der Waals surface area contributed by atoms with Crippen molar-refractivity contribution in [1.82, 2.24) is 4.90 Å². The average Bonchev–Trinajstić information content (AvgIpc) is 2.89. The van der Waals surface area contributed by atoms with E-state index in [9.17, 15) is 14.7 Å². The molecule has 1 fully saturated rings. The second-order valence-electron chi connectivity index (χ2n) is 4.72. The Balaban J connectivity index is 2.09. The molecule has 1 aliphatic rings. The smallest absolute Gasteiger partial charge is 0.339 e. The van der Waals surface area contributed by atoms with E-state index in [0.29, 0.717) is 13.1 Å². The highest BCUT2D eigenvalue weighted by atomic mass is 16.4. The molecule has 2 amide bonds. The maximum atomic E-state index is 12.0. The highest BCUT2D eigenvalue weighted by molar-refractivity contribution is 5.97. The minimum absolute atomic E-state index is 0.0313. The number of carbonyl (C=O) groups is 2. The minimum Gasteiger partial charge on any atom is -0.505 e. The van der Waals surface area contributed by atoms with Gasteiger partial charge in [0.25, 0.3) is 0 Å². The van der Waals surface area contributed by atoms with E-state index in [-0.39, 0.29) is 23.8 Å². The van der Waals surface area contributed by atoms with Crippen LogP contribution >= 0.6 is 0 Å². The molecule has 1 heterocycles. The number of likely N-dealkylation sites (tertiary alicyclic amines) is 1. The first-order chi connectivity index (χ1) is 9.52. The molecule has 0 saturated carbocycles. The third kappa shape index (κ3) is 2.83. The second-order valence-corrected chi connectivity index (χ2v) is 4.72. The molecule has 1 aromatic rings. The highest BCUT2D eigenvalue weighted by Gasteiger charge is 2.26. The fourth-order valence-corrected chi connectivity index (χ4v) is 2.18. The molecule has 1 unspecified atom stereocenters. The van der Waals surface area contributed by atoms with Gasteiger partial charge in [0.05, 0.1) is 5.69 Å². The van der Waals surface area contributed by atoms with E-state index in [1.54, 1.807) is 0 Å². The number of nitrogens with zero attached hydrogens (tertiary/aromatic N) is 1. The van der Waals surface area contributed by atoms with Crippen LogP contribution in [0, 0.1) is 5.92 Å². The maximum Gasteiger partial charge on any atom is 0.339 e. The molecule has 0 bridgehead atoms. The average molecular weight is 280 g/mol. The van der Waals surface area contributed by atoms with E-state index in [2.05, 4.69) is 5.32 Å².